The molecule has 0 bridgehead atoms. The fourth-order valence-electron chi connectivity index (χ4n) is 3.09. The molecular formula is C21H26N2O3S. The molecule has 1 aliphatic rings. The molecule has 0 spiro atoms. The van der Waals surface area contributed by atoms with Gasteiger partial charge in [0.15, 0.2) is 0 Å². The molecule has 1 amide bonds. The molecule has 1 aliphatic heterocycles. The number of hydrogen-bond acceptors (Lipinski definition) is 5. The fourth-order valence-corrected chi connectivity index (χ4v) is 4.38. The zero-order valence-electron chi connectivity index (χ0n) is 16.2. The van der Waals surface area contributed by atoms with Crippen molar-refractivity contribution in [3.05, 3.63) is 53.6 Å². The van der Waals surface area contributed by atoms with Gasteiger partial charge in [-0.2, -0.15) is 0 Å². The van der Waals surface area contributed by atoms with Crippen molar-refractivity contribution in [1.29, 1.82) is 0 Å². The SMILES string of the molecule is COc1ccc2c(c1)S[C@H](c1ccc(C)cc1)[C@H](O)C(=O)N2CCN(C)C. The number of benzene rings is 2. The van der Waals surface area contributed by atoms with Crippen molar-refractivity contribution in [3.8, 4) is 5.75 Å². The number of aryl methyl sites for hydroxylation is 1. The van der Waals surface area contributed by atoms with Crippen molar-refractivity contribution < 1.29 is 14.6 Å². The lowest BCUT2D eigenvalue weighted by atomic mass is 10.0. The van der Waals surface area contributed by atoms with Crippen LogP contribution in [0.15, 0.2) is 47.4 Å². The van der Waals surface area contributed by atoms with Crippen LogP contribution in [0.5, 0.6) is 5.75 Å². The number of rotatable bonds is 5. The normalized spacial score (nSPS) is 19.8. The Morgan fingerprint density at radius 1 is 1.19 bits per heavy atom. The highest BCUT2D eigenvalue weighted by Gasteiger charge is 2.37. The average molecular weight is 387 g/mol. The molecule has 0 unspecified atom stereocenters. The molecule has 1 N–H and O–H groups in total. The van der Waals surface area contributed by atoms with Gasteiger partial charge in [-0.1, -0.05) is 29.8 Å². The number of aliphatic hydroxyl groups excluding tert-OH is 1. The van der Waals surface area contributed by atoms with Crippen molar-refractivity contribution in [3.63, 3.8) is 0 Å². The van der Waals surface area contributed by atoms with E-state index in [0.717, 1.165) is 27.5 Å². The largest absolute Gasteiger partial charge is 0.497 e. The van der Waals surface area contributed by atoms with Gasteiger partial charge in [-0.3, -0.25) is 4.79 Å². The number of carbonyl (C=O) groups is 1. The molecule has 0 aliphatic carbocycles. The first kappa shape index (κ1) is 19.7. The van der Waals surface area contributed by atoms with Gasteiger partial charge in [0.1, 0.15) is 11.9 Å². The minimum Gasteiger partial charge on any atom is -0.497 e. The van der Waals surface area contributed by atoms with Crippen LogP contribution in [0.2, 0.25) is 0 Å². The number of aliphatic hydroxyl groups is 1. The molecule has 0 saturated carbocycles. The van der Waals surface area contributed by atoms with Gasteiger partial charge < -0.3 is 19.6 Å². The number of amides is 1. The van der Waals surface area contributed by atoms with Crippen molar-refractivity contribution in [1.82, 2.24) is 4.90 Å². The molecule has 0 radical (unpaired) electrons. The summed E-state index contributed by atoms with van der Waals surface area (Å²) in [6, 6.07) is 13.7. The van der Waals surface area contributed by atoms with E-state index in [0.29, 0.717) is 13.1 Å². The van der Waals surface area contributed by atoms with Crippen LogP contribution in [0.4, 0.5) is 5.69 Å². The summed E-state index contributed by atoms with van der Waals surface area (Å²) in [5.41, 5.74) is 2.91. The van der Waals surface area contributed by atoms with Crippen molar-refractivity contribution in [2.75, 3.05) is 39.2 Å². The van der Waals surface area contributed by atoms with Gasteiger partial charge in [0, 0.05) is 18.0 Å². The van der Waals surface area contributed by atoms with E-state index in [4.69, 9.17) is 4.74 Å². The molecule has 0 fully saturated rings. The number of fused-ring (bicyclic) bond motifs is 1. The van der Waals surface area contributed by atoms with E-state index in [1.807, 2.05) is 68.4 Å². The monoisotopic (exact) mass is 386 g/mol. The minimum atomic E-state index is -1.11. The molecule has 3 rings (SSSR count). The van der Waals surface area contributed by atoms with Gasteiger partial charge in [-0.15, -0.1) is 11.8 Å². The third-order valence-electron chi connectivity index (χ3n) is 4.69. The summed E-state index contributed by atoms with van der Waals surface area (Å²) < 4.78 is 5.38. The summed E-state index contributed by atoms with van der Waals surface area (Å²) in [4.78, 5) is 17.8. The molecule has 1 heterocycles. The third kappa shape index (κ3) is 4.29. The maximum atomic E-state index is 13.1. The number of nitrogens with zero attached hydrogens (tertiary/aromatic N) is 2. The van der Waals surface area contributed by atoms with Crippen molar-refractivity contribution >= 4 is 23.4 Å². The van der Waals surface area contributed by atoms with Gasteiger partial charge in [0.05, 0.1) is 18.0 Å². The van der Waals surface area contributed by atoms with E-state index in [1.54, 1.807) is 12.0 Å². The number of carbonyl (C=O) groups excluding carboxylic acids is 1. The Kier molecular flexibility index (Phi) is 6.09. The quantitative estimate of drug-likeness (QED) is 0.856. The molecule has 2 aromatic rings. The summed E-state index contributed by atoms with van der Waals surface area (Å²) in [5, 5.41) is 10.6. The Labute approximate surface area is 164 Å². The second-order valence-electron chi connectivity index (χ2n) is 7.02. The minimum absolute atomic E-state index is 0.265. The van der Waals surface area contributed by atoms with Crippen LogP contribution in [0.3, 0.4) is 0 Å². The Hall–Kier alpha value is -2.02. The standard InChI is InChI=1S/C21H26N2O3S/c1-14-5-7-15(8-6-14)20-19(24)21(25)23(12-11-22(2)3)17-10-9-16(26-4)13-18(17)27-20/h5-10,13,19-20,24H,11-12H2,1-4H3/t19-,20+/m0/s1. The van der Waals surface area contributed by atoms with Crippen LogP contribution < -0.4 is 9.64 Å². The number of methoxy groups -OCH3 is 1. The smallest absolute Gasteiger partial charge is 0.257 e. The van der Waals surface area contributed by atoms with Crippen LogP contribution in [0.1, 0.15) is 16.4 Å². The van der Waals surface area contributed by atoms with E-state index < -0.39 is 6.10 Å². The molecule has 144 valence electrons. The van der Waals surface area contributed by atoms with Crippen LogP contribution >= 0.6 is 11.8 Å². The van der Waals surface area contributed by atoms with E-state index in [2.05, 4.69) is 0 Å². The van der Waals surface area contributed by atoms with E-state index in [9.17, 15) is 9.90 Å². The summed E-state index contributed by atoms with van der Waals surface area (Å²) in [5.74, 6) is 0.471. The van der Waals surface area contributed by atoms with Crippen LogP contribution in [0, 0.1) is 6.92 Å². The Morgan fingerprint density at radius 3 is 2.52 bits per heavy atom. The van der Waals surface area contributed by atoms with Crippen LogP contribution in [-0.4, -0.2) is 56.3 Å². The van der Waals surface area contributed by atoms with E-state index in [1.165, 1.54) is 11.8 Å². The molecule has 2 atom stereocenters. The number of thioether (sulfide) groups is 1. The summed E-state index contributed by atoms with van der Waals surface area (Å²) >= 11 is 1.51. The second kappa shape index (κ2) is 8.33. The van der Waals surface area contributed by atoms with Gasteiger partial charge in [0.25, 0.3) is 5.91 Å². The lowest BCUT2D eigenvalue weighted by Gasteiger charge is -2.26. The second-order valence-corrected chi connectivity index (χ2v) is 8.20. The van der Waals surface area contributed by atoms with Gasteiger partial charge in [-0.25, -0.2) is 0 Å². The molecular weight excluding hydrogens is 360 g/mol. The lowest BCUT2D eigenvalue weighted by molar-refractivity contribution is -0.126. The first-order chi connectivity index (χ1) is 12.9. The zero-order valence-corrected chi connectivity index (χ0v) is 17.0. The summed E-state index contributed by atoms with van der Waals surface area (Å²) in [6.07, 6.45) is -1.11. The molecule has 2 aromatic carbocycles. The van der Waals surface area contributed by atoms with Crippen LogP contribution in [0.25, 0.3) is 0 Å². The third-order valence-corrected chi connectivity index (χ3v) is 6.06. The lowest BCUT2D eigenvalue weighted by Crippen LogP contribution is -2.43. The predicted molar refractivity (Wildman–Crippen MR) is 110 cm³/mol. The Balaban J connectivity index is 2.04. The molecule has 27 heavy (non-hydrogen) atoms. The van der Waals surface area contributed by atoms with Crippen molar-refractivity contribution in [2.24, 2.45) is 0 Å². The molecule has 0 saturated heterocycles. The Bertz CT molecular complexity index is 808. The maximum absolute atomic E-state index is 13.1. The maximum Gasteiger partial charge on any atom is 0.257 e. The van der Waals surface area contributed by atoms with Crippen molar-refractivity contribution in [2.45, 2.75) is 23.2 Å². The van der Waals surface area contributed by atoms with Gasteiger partial charge >= 0.3 is 0 Å². The highest BCUT2D eigenvalue weighted by molar-refractivity contribution is 7.99. The highest BCUT2D eigenvalue weighted by atomic mass is 32.2. The summed E-state index contributed by atoms with van der Waals surface area (Å²) in [7, 11) is 5.57. The molecule has 5 nitrogen and oxygen atoms in total. The van der Waals surface area contributed by atoms with E-state index in [-0.39, 0.29) is 11.2 Å². The number of hydrogen-bond donors (Lipinski definition) is 1. The topological polar surface area (TPSA) is 53.0 Å². The fraction of sp³-hybridized carbons (Fsp3) is 0.381. The van der Waals surface area contributed by atoms with Gasteiger partial charge in [0.2, 0.25) is 0 Å². The Morgan fingerprint density at radius 2 is 1.89 bits per heavy atom. The zero-order chi connectivity index (χ0) is 19.6. The first-order valence-corrected chi connectivity index (χ1v) is 9.84. The first-order valence-electron chi connectivity index (χ1n) is 8.96. The highest BCUT2D eigenvalue weighted by Crippen LogP contribution is 2.46. The summed E-state index contributed by atoms with van der Waals surface area (Å²) in [6.45, 7) is 3.25. The number of likely N-dealkylation sites (N-methyl/N-ethyl adjacent to an activating group) is 1. The molecule has 0 aromatic heterocycles. The van der Waals surface area contributed by atoms with Crippen LogP contribution in [-0.2, 0) is 4.79 Å². The average Bonchev–Trinajstić information content (AvgIpc) is 2.76. The predicted octanol–water partition coefficient (Wildman–Crippen LogP) is 3.11. The van der Waals surface area contributed by atoms with Gasteiger partial charge in [-0.05, 0) is 44.8 Å². The van der Waals surface area contributed by atoms with E-state index >= 15 is 0 Å². The molecule has 6 heteroatoms. The number of anilines is 1. The number of ether oxygens (including phenoxy) is 1.